The summed E-state index contributed by atoms with van der Waals surface area (Å²) < 4.78 is 1.26. The summed E-state index contributed by atoms with van der Waals surface area (Å²) in [6.45, 7) is 9.70. The van der Waals surface area contributed by atoms with Crippen LogP contribution in [0.15, 0.2) is 11.1 Å². The SMILES string of the molecule is CCN1CC2=C(C1)CN(CCI)C2. The molecule has 2 heterocycles. The first-order valence-electron chi connectivity index (χ1n) is 5.04. The third-order valence-corrected chi connectivity index (χ3v) is 3.49. The highest BCUT2D eigenvalue weighted by molar-refractivity contribution is 14.1. The van der Waals surface area contributed by atoms with Gasteiger partial charge < -0.3 is 0 Å². The summed E-state index contributed by atoms with van der Waals surface area (Å²) in [6, 6.07) is 0. The van der Waals surface area contributed by atoms with Crippen LogP contribution in [0.1, 0.15) is 6.92 Å². The maximum Gasteiger partial charge on any atom is 0.0213 e. The Morgan fingerprint density at radius 1 is 1.08 bits per heavy atom. The lowest BCUT2D eigenvalue weighted by Gasteiger charge is -2.20. The Kier molecular flexibility index (Phi) is 3.26. The van der Waals surface area contributed by atoms with Crippen LogP contribution < -0.4 is 0 Å². The minimum Gasteiger partial charge on any atom is -0.296 e. The molecule has 2 aliphatic heterocycles. The first kappa shape index (κ1) is 9.93. The van der Waals surface area contributed by atoms with E-state index in [2.05, 4.69) is 39.3 Å². The molecule has 0 saturated carbocycles. The van der Waals surface area contributed by atoms with Crippen molar-refractivity contribution in [2.75, 3.05) is 43.7 Å². The molecular formula is C10H17IN2. The fraction of sp³-hybridized carbons (Fsp3) is 0.800. The van der Waals surface area contributed by atoms with E-state index >= 15 is 0 Å². The summed E-state index contributed by atoms with van der Waals surface area (Å²) in [5, 5.41) is 0. The fourth-order valence-corrected chi connectivity index (χ4v) is 2.92. The summed E-state index contributed by atoms with van der Waals surface area (Å²) in [4.78, 5) is 5.11. The number of alkyl halides is 1. The van der Waals surface area contributed by atoms with Gasteiger partial charge in [0.15, 0.2) is 0 Å². The molecule has 0 aliphatic carbocycles. The van der Waals surface area contributed by atoms with Crippen molar-refractivity contribution >= 4 is 22.6 Å². The van der Waals surface area contributed by atoms with Crippen molar-refractivity contribution in [2.45, 2.75) is 6.92 Å². The predicted molar refractivity (Wildman–Crippen MR) is 64.5 cm³/mol. The molecule has 0 N–H and O–H groups in total. The van der Waals surface area contributed by atoms with Crippen molar-refractivity contribution in [2.24, 2.45) is 0 Å². The third kappa shape index (κ3) is 2.07. The molecule has 3 heteroatoms. The first-order chi connectivity index (χ1) is 6.33. The number of likely N-dealkylation sites (N-methyl/N-ethyl adjacent to an activating group) is 1. The standard InChI is InChI=1S/C10H17IN2/c1-2-12-5-9-7-13(4-3-11)8-10(9)6-12/h2-8H2,1H3. The molecule has 2 aliphatic rings. The lowest BCUT2D eigenvalue weighted by Crippen LogP contribution is -2.30. The van der Waals surface area contributed by atoms with Gasteiger partial charge in [0, 0.05) is 37.2 Å². The van der Waals surface area contributed by atoms with E-state index in [1.54, 1.807) is 11.1 Å². The Balaban J connectivity index is 1.87. The number of hydrogen-bond donors (Lipinski definition) is 0. The molecule has 0 aromatic rings. The summed E-state index contributed by atoms with van der Waals surface area (Å²) in [5.74, 6) is 0. The minimum absolute atomic E-state index is 1.21. The van der Waals surface area contributed by atoms with Gasteiger partial charge in [-0.25, -0.2) is 0 Å². The highest BCUT2D eigenvalue weighted by Gasteiger charge is 2.28. The highest BCUT2D eigenvalue weighted by Crippen LogP contribution is 2.24. The Hall–Kier alpha value is 0.390. The molecule has 0 aromatic carbocycles. The largest absolute Gasteiger partial charge is 0.296 e. The summed E-state index contributed by atoms with van der Waals surface area (Å²) >= 11 is 2.46. The van der Waals surface area contributed by atoms with Crippen LogP contribution in [-0.4, -0.2) is 53.5 Å². The summed E-state index contributed by atoms with van der Waals surface area (Å²) in [5.41, 5.74) is 3.43. The van der Waals surface area contributed by atoms with E-state index in [1.165, 1.54) is 43.7 Å². The van der Waals surface area contributed by atoms with Gasteiger partial charge in [0.1, 0.15) is 0 Å². The van der Waals surface area contributed by atoms with Crippen molar-refractivity contribution in [3.05, 3.63) is 11.1 Å². The van der Waals surface area contributed by atoms with E-state index in [-0.39, 0.29) is 0 Å². The van der Waals surface area contributed by atoms with Crippen molar-refractivity contribution in [3.8, 4) is 0 Å². The van der Waals surface area contributed by atoms with E-state index in [0.29, 0.717) is 0 Å². The third-order valence-electron chi connectivity index (χ3n) is 3.01. The fourth-order valence-electron chi connectivity index (χ4n) is 2.24. The molecule has 2 nitrogen and oxygen atoms in total. The van der Waals surface area contributed by atoms with Gasteiger partial charge in [0.2, 0.25) is 0 Å². The number of halogens is 1. The van der Waals surface area contributed by atoms with Gasteiger partial charge in [-0.3, -0.25) is 9.80 Å². The van der Waals surface area contributed by atoms with Gasteiger partial charge >= 0.3 is 0 Å². The van der Waals surface area contributed by atoms with E-state index < -0.39 is 0 Å². The molecule has 0 spiro atoms. The zero-order valence-electron chi connectivity index (χ0n) is 8.22. The quantitative estimate of drug-likeness (QED) is 0.440. The Labute approximate surface area is 94.1 Å². The van der Waals surface area contributed by atoms with E-state index in [4.69, 9.17) is 0 Å². The number of hydrogen-bond acceptors (Lipinski definition) is 2. The summed E-state index contributed by atoms with van der Waals surface area (Å²) in [6.07, 6.45) is 0. The normalized spacial score (nSPS) is 24.5. The first-order valence-corrected chi connectivity index (χ1v) is 6.56. The number of nitrogens with zero attached hydrogens (tertiary/aromatic N) is 2. The van der Waals surface area contributed by atoms with Crippen LogP contribution in [0.5, 0.6) is 0 Å². The molecule has 0 saturated heterocycles. The summed E-state index contributed by atoms with van der Waals surface area (Å²) in [7, 11) is 0. The van der Waals surface area contributed by atoms with E-state index in [1.807, 2.05) is 0 Å². The second-order valence-electron chi connectivity index (χ2n) is 3.91. The van der Waals surface area contributed by atoms with Crippen molar-refractivity contribution in [1.82, 2.24) is 9.80 Å². The van der Waals surface area contributed by atoms with E-state index in [0.717, 1.165) is 0 Å². The Morgan fingerprint density at radius 2 is 1.62 bits per heavy atom. The van der Waals surface area contributed by atoms with Crippen LogP contribution in [0, 0.1) is 0 Å². The van der Waals surface area contributed by atoms with Crippen LogP contribution in [0.2, 0.25) is 0 Å². The molecule has 0 aromatic heterocycles. The highest BCUT2D eigenvalue weighted by atomic mass is 127. The monoisotopic (exact) mass is 292 g/mol. The van der Waals surface area contributed by atoms with Gasteiger partial charge in [0.25, 0.3) is 0 Å². The molecule has 2 rings (SSSR count). The van der Waals surface area contributed by atoms with Crippen molar-refractivity contribution in [3.63, 3.8) is 0 Å². The van der Waals surface area contributed by atoms with E-state index in [9.17, 15) is 0 Å². The molecular weight excluding hydrogens is 275 g/mol. The number of rotatable bonds is 3. The van der Waals surface area contributed by atoms with Crippen LogP contribution >= 0.6 is 22.6 Å². The molecule has 74 valence electrons. The Morgan fingerprint density at radius 3 is 2.08 bits per heavy atom. The zero-order chi connectivity index (χ0) is 9.26. The molecule has 0 fully saturated rings. The molecule has 0 radical (unpaired) electrons. The zero-order valence-corrected chi connectivity index (χ0v) is 10.4. The minimum atomic E-state index is 1.21. The Bertz CT molecular complexity index is 207. The van der Waals surface area contributed by atoms with Crippen LogP contribution in [0.3, 0.4) is 0 Å². The van der Waals surface area contributed by atoms with Gasteiger partial charge in [-0.2, -0.15) is 0 Å². The maximum atomic E-state index is 2.57. The molecule has 0 atom stereocenters. The average molecular weight is 292 g/mol. The lowest BCUT2D eigenvalue weighted by molar-refractivity contribution is 0.308. The van der Waals surface area contributed by atoms with Gasteiger partial charge in [-0.15, -0.1) is 0 Å². The van der Waals surface area contributed by atoms with Crippen LogP contribution in [-0.2, 0) is 0 Å². The molecule has 0 unspecified atom stereocenters. The van der Waals surface area contributed by atoms with Gasteiger partial charge in [0.05, 0.1) is 0 Å². The predicted octanol–water partition coefficient (Wildman–Crippen LogP) is 1.37. The van der Waals surface area contributed by atoms with Crippen LogP contribution in [0.25, 0.3) is 0 Å². The molecule has 0 amide bonds. The van der Waals surface area contributed by atoms with Crippen molar-refractivity contribution in [1.29, 1.82) is 0 Å². The van der Waals surface area contributed by atoms with Gasteiger partial charge in [-0.05, 0) is 17.7 Å². The van der Waals surface area contributed by atoms with Crippen LogP contribution in [0.4, 0.5) is 0 Å². The second-order valence-corrected chi connectivity index (χ2v) is 4.99. The second kappa shape index (κ2) is 4.28. The van der Waals surface area contributed by atoms with Gasteiger partial charge in [-0.1, -0.05) is 29.5 Å². The molecule has 0 bridgehead atoms. The van der Waals surface area contributed by atoms with Crippen molar-refractivity contribution < 1.29 is 0 Å². The average Bonchev–Trinajstić information content (AvgIpc) is 2.61. The lowest BCUT2D eigenvalue weighted by atomic mass is 10.2. The smallest absolute Gasteiger partial charge is 0.0213 e. The molecule has 13 heavy (non-hydrogen) atoms. The topological polar surface area (TPSA) is 6.48 Å². The maximum absolute atomic E-state index is 2.57.